The van der Waals surface area contributed by atoms with Gasteiger partial charge in [-0.3, -0.25) is 4.79 Å². The smallest absolute Gasteiger partial charge is 0.227 e. The van der Waals surface area contributed by atoms with E-state index in [1.807, 2.05) is 54.3 Å². The van der Waals surface area contributed by atoms with Crippen LogP contribution in [-0.4, -0.2) is 12.5 Å². The number of nitrogens with zero attached hydrogens (tertiary/aromatic N) is 1. The Hall–Kier alpha value is -2.61. The molecule has 2 nitrogen and oxygen atoms in total. The first-order valence-electron chi connectivity index (χ1n) is 8.11. The third kappa shape index (κ3) is 3.42. The Morgan fingerprint density at radius 2 is 1.57 bits per heavy atom. The van der Waals surface area contributed by atoms with Gasteiger partial charge in [0.25, 0.3) is 0 Å². The topological polar surface area (TPSA) is 20.3 Å². The number of amides is 1. The molecule has 3 aromatic rings. The summed E-state index contributed by atoms with van der Waals surface area (Å²) in [5.74, 6) is 0.174. The number of anilines is 1. The first kappa shape index (κ1) is 15.3. The minimum absolute atomic E-state index is 0.174. The number of hydrogen-bond acceptors (Lipinski definition) is 1. The highest BCUT2D eigenvalue weighted by atomic mass is 16.2. The molecule has 0 fully saturated rings. The quantitative estimate of drug-likeness (QED) is 0.661. The monoisotopic (exact) mass is 303 g/mol. The normalized spacial score (nSPS) is 10.7. The Labute approximate surface area is 137 Å². The van der Waals surface area contributed by atoms with Gasteiger partial charge in [0.1, 0.15) is 0 Å². The predicted molar refractivity (Wildman–Crippen MR) is 96.7 cm³/mol. The van der Waals surface area contributed by atoms with Crippen molar-refractivity contribution >= 4 is 22.4 Å². The molecule has 3 rings (SSSR count). The summed E-state index contributed by atoms with van der Waals surface area (Å²) in [6, 6.07) is 24.5. The summed E-state index contributed by atoms with van der Waals surface area (Å²) in [6.45, 7) is 2.71. The molecule has 0 N–H and O–H groups in total. The van der Waals surface area contributed by atoms with Crippen LogP contribution in [0.2, 0.25) is 0 Å². The minimum atomic E-state index is 0.174. The number of rotatable bonds is 5. The Balaban J connectivity index is 1.82. The van der Waals surface area contributed by atoms with E-state index in [9.17, 15) is 4.79 Å². The maximum Gasteiger partial charge on any atom is 0.227 e. The predicted octanol–water partition coefficient (Wildman–Crippen LogP) is 4.83. The summed E-state index contributed by atoms with van der Waals surface area (Å²) in [4.78, 5) is 14.6. The summed E-state index contributed by atoms with van der Waals surface area (Å²) in [6.07, 6.45) is 1.31. The van der Waals surface area contributed by atoms with Crippen LogP contribution in [0.3, 0.4) is 0 Å². The molecule has 0 aliphatic rings. The third-order valence-electron chi connectivity index (χ3n) is 4.15. The second-order valence-electron chi connectivity index (χ2n) is 5.62. The molecular formula is C21H21NO. The van der Waals surface area contributed by atoms with E-state index in [2.05, 4.69) is 30.3 Å². The van der Waals surface area contributed by atoms with Crippen LogP contribution in [0.4, 0.5) is 5.69 Å². The zero-order chi connectivity index (χ0) is 16.1. The molecule has 0 unspecified atom stereocenters. The maximum atomic E-state index is 12.7. The van der Waals surface area contributed by atoms with Gasteiger partial charge in [0.15, 0.2) is 0 Å². The van der Waals surface area contributed by atoms with Gasteiger partial charge < -0.3 is 4.90 Å². The molecule has 0 aliphatic carbocycles. The van der Waals surface area contributed by atoms with E-state index in [4.69, 9.17) is 0 Å². The van der Waals surface area contributed by atoms with Crippen LogP contribution in [0, 0.1) is 0 Å². The summed E-state index contributed by atoms with van der Waals surface area (Å²) < 4.78 is 0. The van der Waals surface area contributed by atoms with Crippen LogP contribution in [0.25, 0.3) is 10.8 Å². The zero-order valence-corrected chi connectivity index (χ0v) is 13.4. The fraction of sp³-hybridized carbons (Fsp3) is 0.190. The van der Waals surface area contributed by atoms with Crippen molar-refractivity contribution in [2.75, 3.05) is 11.4 Å². The van der Waals surface area contributed by atoms with E-state index >= 15 is 0 Å². The molecule has 2 heteroatoms. The molecule has 0 spiro atoms. The van der Waals surface area contributed by atoms with E-state index < -0.39 is 0 Å². The third-order valence-corrected chi connectivity index (χ3v) is 4.15. The molecule has 0 aromatic heterocycles. The van der Waals surface area contributed by atoms with Crippen LogP contribution in [0.15, 0.2) is 72.8 Å². The fourth-order valence-corrected chi connectivity index (χ4v) is 2.96. The Bertz CT molecular complexity index is 790. The van der Waals surface area contributed by atoms with Crippen LogP contribution >= 0.6 is 0 Å². The molecule has 0 aliphatic heterocycles. The van der Waals surface area contributed by atoms with Crippen LogP contribution in [0.5, 0.6) is 0 Å². The van der Waals surface area contributed by atoms with Crippen molar-refractivity contribution < 1.29 is 4.79 Å². The molecule has 0 radical (unpaired) electrons. The molecule has 23 heavy (non-hydrogen) atoms. The second-order valence-corrected chi connectivity index (χ2v) is 5.62. The summed E-state index contributed by atoms with van der Waals surface area (Å²) in [7, 11) is 0. The molecule has 0 saturated heterocycles. The highest BCUT2D eigenvalue weighted by molar-refractivity contribution is 6.03. The average molecular weight is 303 g/mol. The summed E-state index contributed by atoms with van der Waals surface area (Å²) in [5, 5.41) is 2.30. The van der Waals surface area contributed by atoms with Gasteiger partial charge in [-0.15, -0.1) is 0 Å². The van der Waals surface area contributed by atoms with Crippen LogP contribution in [0.1, 0.15) is 18.9 Å². The van der Waals surface area contributed by atoms with Gasteiger partial charge in [0.05, 0.1) is 5.69 Å². The van der Waals surface area contributed by atoms with Crippen molar-refractivity contribution in [2.24, 2.45) is 0 Å². The van der Waals surface area contributed by atoms with Gasteiger partial charge in [-0.1, -0.05) is 66.7 Å². The number of carbonyl (C=O) groups excluding carboxylic acids is 1. The van der Waals surface area contributed by atoms with Crippen LogP contribution < -0.4 is 4.90 Å². The summed E-state index contributed by atoms with van der Waals surface area (Å²) in [5.41, 5.74) is 2.21. The van der Waals surface area contributed by atoms with Crippen molar-refractivity contribution in [3.05, 3.63) is 78.4 Å². The number of hydrogen-bond donors (Lipinski definition) is 0. The van der Waals surface area contributed by atoms with Crippen molar-refractivity contribution in [3.63, 3.8) is 0 Å². The molecule has 3 aromatic carbocycles. The van der Waals surface area contributed by atoms with Gasteiger partial charge in [0.2, 0.25) is 5.91 Å². The van der Waals surface area contributed by atoms with Crippen molar-refractivity contribution in [3.8, 4) is 0 Å². The van der Waals surface area contributed by atoms with Crippen LogP contribution in [-0.2, 0) is 11.2 Å². The van der Waals surface area contributed by atoms with E-state index in [1.54, 1.807) is 0 Å². The van der Waals surface area contributed by atoms with Gasteiger partial charge in [-0.05, 0) is 30.4 Å². The van der Waals surface area contributed by atoms with E-state index in [0.717, 1.165) is 17.5 Å². The van der Waals surface area contributed by atoms with E-state index in [0.29, 0.717) is 13.0 Å². The minimum Gasteiger partial charge on any atom is -0.312 e. The Morgan fingerprint density at radius 1 is 0.870 bits per heavy atom. The summed E-state index contributed by atoms with van der Waals surface area (Å²) >= 11 is 0. The van der Waals surface area contributed by atoms with Crippen molar-refractivity contribution in [2.45, 2.75) is 19.8 Å². The number of aryl methyl sites for hydroxylation is 1. The lowest BCUT2D eigenvalue weighted by atomic mass is 10.1. The fourth-order valence-electron chi connectivity index (χ4n) is 2.96. The Morgan fingerprint density at radius 3 is 2.35 bits per heavy atom. The maximum absolute atomic E-state index is 12.7. The molecule has 0 saturated carbocycles. The number of benzene rings is 3. The first-order valence-corrected chi connectivity index (χ1v) is 8.11. The van der Waals surface area contributed by atoms with E-state index in [1.165, 1.54) is 10.9 Å². The molecule has 1 amide bonds. The standard InChI is InChI=1S/C21H21NO/c1-2-22(21(23)16-15-17-9-4-3-5-10-17)20-14-8-12-18-11-6-7-13-19(18)20/h3-14H,2,15-16H2,1H3. The Kier molecular flexibility index (Phi) is 4.72. The van der Waals surface area contributed by atoms with Gasteiger partial charge in [-0.2, -0.15) is 0 Å². The van der Waals surface area contributed by atoms with Crippen molar-refractivity contribution in [1.29, 1.82) is 0 Å². The molecule has 0 bridgehead atoms. The lowest BCUT2D eigenvalue weighted by molar-refractivity contribution is -0.118. The van der Waals surface area contributed by atoms with E-state index in [-0.39, 0.29) is 5.91 Å². The average Bonchev–Trinajstić information content (AvgIpc) is 2.62. The molecule has 0 atom stereocenters. The lowest BCUT2D eigenvalue weighted by Crippen LogP contribution is -2.30. The SMILES string of the molecule is CCN(C(=O)CCc1ccccc1)c1cccc2ccccc12. The second kappa shape index (κ2) is 7.10. The first-order chi connectivity index (χ1) is 11.3. The molecule has 116 valence electrons. The van der Waals surface area contributed by atoms with Gasteiger partial charge in [-0.25, -0.2) is 0 Å². The highest BCUT2D eigenvalue weighted by Crippen LogP contribution is 2.27. The van der Waals surface area contributed by atoms with Gasteiger partial charge in [0, 0.05) is 18.4 Å². The number of fused-ring (bicyclic) bond motifs is 1. The zero-order valence-electron chi connectivity index (χ0n) is 13.4. The van der Waals surface area contributed by atoms with Gasteiger partial charge >= 0.3 is 0 Å². The lowest BCUT2D eigenvalue weighted by Gasteiger charge is -2.23. The highest BCUT2D eigenvalue weighted by Gasteiger charge is 2.15. The molecule has 0 heterocycles. The van der Waals surface area contributed by atoms with Crippen molar-refractivity contribution in [1.82, 2.24) is 0 Å². The molecular weight excluding hydrogens is 282 g/mol. The number of carbonyl (C=O) groups is 1. The largest absolute Gasteiger partial charge is 0.312 e.